The lowest BCUT2D eigenvalue weighted by molar-refractivity contribution is 0.0748. The van der Waals surface area contributed by atoms with Gasteiger partial charge in [-0.1, -0.05) is 25.0 Å². The van der Waals surface area contributed by atoms with Gasteiger partial charge in [0.15, 0.2) is 5.78 Å². The molecule has 0 saturated heterocycles. The minimum Gasteiger partial charge on any atom is -0.373 e. The first-order valence-corrected chi connectivity index (χ1v) is 5.62. The zero-order valence-corrected chi connectivity index (χ0v) is 9.12. The molecule has 86 valence electrons. The number of rotatable bonds is 6. The summed E-state index contributed by atoms with van der Waals surface area (Å²) in [6.07, 6.45) is 3.62. The van der Waals surface area contributed by atoms with Crippen LogP contribution in [-0.4, -0.2) is 19.0 Å². The molecule has 0 aliphatic heterocycles. The van der Waals surface area contributed by atoms with E-state index in [1.807, 2.05) is 0 Å². The number of Topliss-reactive ketones (excluding diaryl/α,β-unsaturated/α-hetero) is 1. The van der Waals surface area contributed by atoms with Crippen molar-refractivity contribution >= 4 is 5.78 Å². The molecule has 1 fully saturated rings. The van der Waals surface area contributed by atoms with Gasteiger partial charge >= 0.3 is 0 Å². The van der Waals surface area contributed by atoms with E-state index in [1.165, 1.54) is 31.0 Å². The van der Waals surface area contributed by atoms with Crippen molar-refractivity contribution in [2.45, 2.75) is 19.3 Å². The maximum absolute atomic E-state index is 12.8. The Kier molecular flexibility index (Phi) is 3.67. The standard InChI is InChI=1S/C13H15FO2/c14-12-3-1-2-11(8-12)13(15)9-16-7-6-10-4-5-10/h1-3,8,10H,4-7,9H2. The number of halogens is 1. The van der Waals surface area contributed by atoms with Crippen molar-refractivity contribution in [1.82, 2.24) is 0 Å². The molecule has 2 nitrogen and oxygen atoms in total. The Morgan fingerprint density at radius 1 is 1.44 bits per heavy atom. The summed E-state index contributed by atoms with van der Waals surface area (Å²) in [5, 5.41) is 0. The molecule has 0 heterocycles. The van der Waals surface area contributed by atoms with E-state index in [-0.39, 0.29) is 18.2 Å². The van der Waals surface area contributed by atoms with Gasteiger partial charge in [0, 0.05) is 12.2 Å². The monoisotopic (exact) mass is 222 g/mol. The Bertz CT molecular complexity index is 372. The lowest BCUT2D eigenvalue weighted by atomic mass is 10.1. The Balaban J connectivity index is 1.73. The van der Waals surface area contributed by atoms with E-state index in [0.29, 0.717) is 12.2 Å². The van der Waals surface area contributed by atoms with E-state index in [0.717, 1.165) is 12.3 Å². The molecule has 0 N–H and O–H groups in total. The molecule has 1 aromatic rings. The van der Waals surface area contributed by atoms with Crippen LogP contribution in [0.5, 0.6) is 0 Å². The highest BCUT2D eigenvalue weighted by Gasteiger charge is 2.20. The first kappa shape index (κ1) is 11.3. The average Bonchev–Trinajstić information content (AvgIpc) is 3.08. The van der Waals surface area contributed by atoms with Crippen LogP contribution in [-0.2, 0) is 4.74 Å². The predicted molar refractivity (Wildman–Crippen MR) is 58.9 cm³/mol. The van der Waals surface area contributed by atoms with Crippen LogP contribution in [0.3, 0.4) is 0 Å². The second-order valence-corrected chi connectivity index (χ2v) is 4.22. The Hall–Kier alpha value is -1.22. The lowest BCUT2D eigenvalue weighted by Crippen LogP contribution is -2.10. The molecule has 0 bridgehead atoms. The van der Waals surface area contributed by atoms with Crippen molar-refractivity contribution in [1.29, 1.82) is 0 Å². The van der Waals surface area contributed by atoms with Gasteiger partial charge in [0.25, 0.3) is 0 Å². The van der Waals surface area contributed by atoms with Gasteiger partial charge in [0.05, 0.1) is 0 Å². The molecule has 0 unspecified atom stereocenters. The number of carbonyl (C=O) groups excluding carboxylic acids is 1. The highest BCUT2D eigenvalue weighted by atomic mass is 19.1. The SMILES string of the molecule is O=C(COCCC1CC1)c1cccc(F)c1. The first-order chi connectivity index (χ1) is 7.75. The van der Waals surface area contributed by atoms with Gasteiger partial charge in [-0.15, -0.1) is 0 Å². The number of hydrogen-bond donors (Lipinski definition) is 0. The summed E-state index contributed by atoms with van der Waals surface area (Å²) in [5.41, 5.74) is 0.381. The Morgan fingerprint density at radius 2 is 2.25 bits per heavy atom. The van der Waals surface area contributed by atoms with Crippen molar-refractivity contribution in [3.63, 3.8) is 0 Å². The van der Waals surface area contributed by atoms with Crippen LogP contribution in [0.15, 0.2) is 24.3 Å². The van der Waals surface area contributed by atoms with Gasteiger partial charge in [0.2, 0.25) is 0 Å². The molecular formula is C13H15FO2. The molecule has 0 atom stereocenters. The highest BCUT2D eigenvalue weighted by Crippen LogP contribution is 2.32. The molecule has 16 heavy (non-hydrogen) atoms. The fourth-order valence-electron chi connectivity index (χ4n) is 1.57. The second-order valence-electron chi connectivity index (χ2n) is 4.22. The average molecular weight is 222 g/mol. The van der Waals surface area contributed by atoms with Gasteiger partial charge < -0.3 is 4.74 Å². The summed E-state index contributed by atoms with van der Waals surface area (Å²) in [6, 6.07) is 5.71. The summed E-state index contributed by atoms with van der Waals surface area (Å²) in [4.78, 5) is 11.6. The number of hydrogen-bond acceptors (Lipinski definition) is 2. The zero-order chi connectivity index (χ0) is 11.4. The molecule has 1 aromatic carbocycles. The van der Waals surface area contributed by atoms with Crippen molar-refractivity contribution in [2.75, 3.05) is 13.2 Å². The summed E-state index contributed by atoms with van der Waals surface area (Å²) < 4.78 is 18.1. The topological polar surface area (TPSA) is 26.3 Å². The van der Waals surface area contributed by atoms with Crippen molar-refractivity contribution in [3.8, 4) is 0 Å². The van der Waals surface area contributed by atoms with E-state index in [2.05, 4.69) is 0 Å². The van der Waals surface area contributed by atoms with Gasteiger partial charge in [-0.25, -0.2) is 4.39 Å². The molecule has 2 rings (SSSR count). The van der Waals surface area contributed by atoms with Gasteiger partial charge in [-0.3, -0.25) is 4.79 Å². The Morgan fingerprint density at radius 3 is 2.94 bits per heavy atom. The number of carbonyl (C=O) groups is 1. The number of benzene rings is 1. The predicted octanol–water partition coefficient (Wildman–Crippen LogP) is 2.83. The maximum Gasteiger partial charge on any atom is 0.188 e. The first-order valence-electron chi connectivity index (χ1n) is 5.62. The molecule has 0 amide bonds. The third kappa shape index (κ3) is 3.42. The van der Waals surface area contributed by atoms with Gasteiger partial charge in [0.1, 0.15) is 12.4 Å². The minimum atomic E-state index is -0.385. The van der Waals surface area contributed by atoms with E-state index < -0.39 is 0 Å². The largest absolute Gasteiger partial charge is 0.373 e. The molecule has 0 spiro atoms. The molecule has 1 aliphatic carbocycles. The van der Waals surface area contributed by atoms with Gasteiger partial charge in [-0.05, 0) is 24.5 Å². The van der Waals surface area contributed by atoms with E-state index >= 15 is 0 Å². The van der Waals surface area contributed by atoms with Crippen LogP contribution < -0.4 is 0 Å². The quantitative estimate of drug-likeness (QED) is 0.546. The molecule has 3 heteroatoms. The summed E-state index contributed by atoms with van der Waals surface area (Å²) in [7, 11) is 0. The third-order valence-electron chi connectivity index (χ3n) is 2.75. The number of ether oxygens (including phenoxy) is 1. The summed E-state index contributed by atoms with van der Waals surface area (Å²) >= 11 is 0. The maximum atomic E-state index is 12.8. The van der Waals surface area contributed by atoms with Crippen molar-refractivity contribution < 1.29 is 13.9 Å². The van der Waals surface area contributed by atoms with Crippen molar-refractivity contribution in [2.24, 2.45) is 5.92 Å². The smallest absolute Gasteiger partial charge is 0.188 e. The van der Waals surface area contributed by atoms with Crippen LogP contribution in [0.25, 0.3) is 0 Å². The van der Waals surface area contributed by atoms with E-state index in [4.69, 9.17) is 4.74 Å². The van der Waals surface area contributed by atoms with Crippen molar-refractivity contribution in [3.05, 3.63) is 35.6 Å². The third-order valence-corrected chi connectivity index (χ3v) is 2.75. The molecule has 1 saturated carbocycles. The molecule has 0 aromatic heterocycles. The fraction of sp³-hybridized carbons (Fsp3) is 0.462. The van der Waals surface area contributed by atoms with E-state index in [1.54, 1.807) is 6.07 Å². The minimum absolute atomic E-state index is 0.0518. The molecule has 1 aliphatic rings. The lowest BCUT2D eigenvalue weighted by Gasteiger charge is -2.03. The van der Waals surface area contributed by atoms with Crippen LogP contribution in [0.4, 0.5) is 4.39 Å². The number of ketones is 1. The second kappa shape index (κ2) is 5.21. The van der Waals surface area contributed by atoms with Gasteiger partial charge in [-0.2, -0.15) is 0 Å². The molecule has 0 radical (unpaired) electrons. The molecular weight excluding hydrogens is 207 g/mol. The zero-order valence-electron chi connectivity index (χ0n) is 9.12. The van der Waals surface area contributed by atoms with E-state index in [9.17, 15) is 9.18 Å². The Labute approximate surface area is 94.4 Å². The van der Waals surface area contributed by atoms with Crippen LogP contribution in [0.1, 0.15) is 29.6 Å². The highest BCUT2D eigenvalue weighted by molar-refractivity contribution is 5.97. The van der Waals surface area contributed by atoms with Crippen LogP contribution in [0.2, 0.25) is 0 Å². The normalized spacial score (nSPS) is 15.1. The van der Waals surface area contributed by atoms with Crippen LogP contribution >= 0.6 is 0 Å². The fourth-order valence-corrected chi connectivity index (χ4v) is 1.57. The summed E-state index contributed by atoms with van der Waals surface area (Å²) in [5.74, 6) is 0.267. The summed E-state index contributed by atoms with van der Waals surface area (Å²) in [6.45, 7) is 0.682. The van der Waals surface area contributed by atoms with Crippen LogP contribution in [0, 0.1) is 11.7 Å².